The van der Waals surface area contributed by atoms with E-state index in [0.717, 1.165) is 18.7 Å². The molecular weight excluding hydrogens is 280 g/mol. The van der Waals surface area contributed by atoms with E-state index < -0.39 is 5.60 Å². The molecule has 0 spiro atoms. The van der Waals surface area contributed by atoms with Crippen LogP contribution in [0.4, 0.5) is 0 Å². The average molecular weight is 302 g/mol. The highest BCUT2D eigenvalue weighted by molar-refractivity contribution is 5.21. The van der Waals surface area contributed by atoms with Crippen molar-refractivity contribution in [2.75, 3.05) is 26.2 Å². The van der Waals surface area contributed by atoms with E-state index in [1.165, 1.54) is 6.33 Å². The molecule has 1 saturated heterocycles. The number of morpholine rings is 1. The molecule has 1 fully saturated rings. The maximum Gasteiger partial charge on any atom is 0.137 e. The number of hydrogen-bond acceptors (Lipinski definition) is 5. The Morgan fingerprint density at radius 2 is 2.18 bits per heavy atom. The molecule has 2 atom stereocenters. The van der Waals surface area contributed by atoms with Crippen molar-refractivity contribution in [3.63, 3.8) is 0 Å². The van der Waals surface area contributed by atoms with Crippen molar-refractivity contribution >= 4 is 0 Å². The molecule has 118 valence electrons. The van der Waals surface area contributed by atoms with E-state index in [4.69, 9.17) is 4.74 Å². The molecule has 0 saturated carbocycles. The molecule has 0 aliphatic carbocycles. The summed E-state index contributed by atoms with van der Waals surface area (Å²) in [6.07, 6.45) is 3.30. The zero-order chi connectivity index (χ0) is 15.4. The van der Waals surface area contributed by atoms with Gasteiger partial charge in [-0.05, 0) is 12.5 Å². The third-order valence-electron chi connectivity index (χ3n) is 4.01. The predicted molar refractivity (Wildman–Crippen MR) is 82.2 cm³/mol. The van der Waals surface area contributed by atoms with Crippen molar-refractivity contribution in [1.82, 2.24) is 19.7 Å². The molecule has 1 aliphatic rings. The summed E-state index contributed by atoms with van der Waals surface area (Å²) in [4.78, 5) is 6.20. The van der Waals surface area contributed by atoms with Gasteiger partial charge in [0.1, 0.15) is 12.7 Å². The van der Waals surface area contributed by atoms with Crippen molar-refractivity contribution in [1.29, 1.82) is 0 Å². The standard InChI is InChI=1S/C16H22N4O2/c1-16(21,14-5-3-2-4-6-14)11-19-7-8-22-15(9-19)10-20-13-17-12-18-20/h2-6,12-13,15,21H,7-11H2,1H3. The molecular formula is C16H22N4O2. The van der Waals surface area contributed by atoms with Gasteiger partial charge in [-0.2, -0.15) is 5.10 Å². The van der Waals surface area contributed by atoms with Crippen LogP contribution in [0, 0.1) is 0 Å². The van der Waals surface area contributed by atoms with E-state index in [-0.39, 0.29) is 6.10 Å². The Labute approximate surface area is 130 Å². The molecule has 2 heterocycles. The summed E-state index contributed by atoms with van der Waals surface area (Å²) >= 11 is 0. The van der Waals surface area contributed by atoms with Crippen molar-refractivity contribution in [2.24, 2.45) is 0 Å². The normalized spacial score (nSPS) is 22.4. The molecule has 0 bridgehead atoms. The highest BCUT2D eigenvalue weighted by Gasteiger charge is 2.29. The highest BCUT2D eigenvalue weighted by atomic mass is 16.5. The number of aromatic nitrogens is 3. The van der Waals surface area contributed by atoms with Crippen LogP contribution in [0.25, 0.3) is 0 Å². The molecule has 2 unspecified atom stereocenters. The molecule has 3 rings (SSSR count). The molecule has 1 aliphatic heterocycles. The van der Waals surface area contributed by atoms with Crippen molar-refractivity contribution < 1.29 is 9.84 Å². The van der Waals surface area contributed by atoms with Crippen LogP contribution in [-0.2, 0) is 16.9 Å². The van der Waals surface area contributed by atoms with Crippen molar-refractivity contribution in [3.05, 3.63) is 48.5 Å². The molecule has 0 amide bonds. The number of β-amino-alcohol motifs (C(OH)–C–C–N with tert-alkyl or cyclic N) is 1. The Bertz CT molecular complexity index is 571. The van der Waals surface area contributed by atoms with Gasteiger partial charge >= 0.3 is 0 Å². The van der Waals surface area contributed by atoms with Crippen LogP contribution < -0.4 is 0 Å². The molecule has 6 heteroatoms. The summed E-state index contributed by atoms with van der Waals surface area (Å²) in [6.45, 7) is 5.42. The Balaban J connectivity index is 1.60. The quantitative estimate of drug-likeness (QED) is 0.888. The smallest absolute Gasteiger partial charge is 0.137 e. The number of nitrogens with zero attached hydrogens (tertiary/aromatic N) is 4. The number of hydrogen-bond donors (Lipinski definition) is 1. The van der Waals surface area contributed by atoms with E-state index in [9.17, 15) is 5.11 Å². The Morgan fingerprint density at radius 3 is 2.91 bits per heavy atom. The van der Waals surface area contributed by atoms with Gasteiger partial charge in [0.05, 0.1) is 24.9 Å². The molecule has 2 aromatic rings. The second-order valence-electron chi connectivity index (χ2n) is 5.99. The first kappa shape index (κ1) is 15.1. The maximum atomic E-state index is 10.8. The highest BCUT2D eigenvalue weighted by Crippen LogP contribution is 2.22. The van der Waals surface area contributed by atoms with Gasteiger partial charge in [0.15, 0.2) is 0 Å². The first-order valence-corrected chi connectivity index (χ1v) is 7.58. The van der Waals surface area contributed by atoms with Gasteiger partial charge in [-0.3, -0.25) is 9.58 Å². The molecule has 0 radical (unpaired) electrons. The Kier molecular flexibility index (Phi) is 4.52. The second kappa shape index (κ2) is 6.56. The molecule has 1 N–H and O–H groups in total. The van der Waals surface area contributed by atoms with E-state index in [2.05, 4.69) is 15.0 Å². The molecule has 22 heavy (non-hydrogen) atoms. The monoisotopic (exact) mass is 302 g/mol. The van der Waals surface area contributed by atoms with Crippen LogP contribution >= 0.6 is 0 Å². The van der Waals surface area contributed by atoms with E-state index in [1.54, 1.807) is 11.0 Å². The van der Waals surface area contributed by atoms with E-state index >= 15 is 0 Å². The van der Waals surface area contributed by atoms with Gasteiger partial charge in [0.2, 0.25) is 0 Å². The zero-order valence-corrected chi connectivity index (χ0v) is 12.8. The van der Waals surface area contributed by atoms with Crippen molar-refractivity contribution in [3.8, 4) is 0 Å². The number of ether oxygens (including phenoxy) is 1. The van der Waals surface area contributed by atoms with Crippen LogP contribution in [0.1, 0.15) is 12.5 Å². The SMILES string of the molecule is CC(O)(CN1CCOC(Cn2cncn2)C1)c1ccccc1. The molecule has 6 nitrogen and oxygen atoms in total. The predicted octanol–water partition coefficient (Wildman–Crippen LogP) is 0.887. The van der Waals surface area contributed by atoms with Crippen LogP contribution in [0.2, 0.25) is 0 Å². The summed E-state index contributed by atoms with van der Waals surface area (Å²) in [6, 6.07) is 9.80. The number of benzene rings is 1. The summed E-state index contributed by atoms with van der Waals surface area (Å²) in [7, 11) is 0. The molecule has 1 aromatic heterocycles. The fourth-order valence-corrected chi connectivity index (χ4v) is 2.89. The van der Waals surface area contributed by atoms with Crippen LogP contribution in [0.15, 0.2) is 43.0 Å². The van der Waals surface area contributed by atoms with Gasteiger partial charge in [-0.25, -0.2) is 4.98 Å². The average Bonchev–Trinajstić information content (AvgIpc) is 3.01. The van der Waals surface area contributed by atoms with Gasteiger partial charge in [0.25, 0.3) is 0 Å². The van der Waals surface area contributed by atoms with Crippen LogP contribution in [0.5, 0.6) is 0 Å². The van der Waals surface area contributed by atoms with Crippen LogP contribution in [0.3, 0.4) is 0 Å². The first-order chi connectivity index (χ1) is 10.6. The fourth-order valence-electron chi connectivity index (χ4n) is 2.89. The third-order valence-corrected chi connectivity index (χ3v) is 4.01. The summed E-state index contributed by atoms with van der Waals surface area (Å²) < 4.78 is 7.57. The maximum absolute atomic E-state index is 10.8. The van der Waals surface area contributed by atoms with E-state index in [0.29, 0.717) is 19.7 Å². The minimum atomic E-state index is -0.865. The van der Waals surface area contributed by atoms with Gasteiger partial charge in [0, 0.05) is 19.6 Å². The fraction of sp³-hybridized carbons (Fsp3) is 0.500. The Hall–Kier alpha value is -1.76. The topological polar surface area (TPSA) is 63.4 Å². The minimum absolute atomic E-state index is 0.0713. The number of aliphatic hydroxyl groups is 1. The largest absolute Gasteiger partial charge is 0.384 e. The first-order valence-electron chi connectivity index (χ1n) is 7.58. The lowest BCUT2D eigenvalue weighted by Gasteiger charge is -2.37. The van der Waals surface area contributed by atoms with Crippen LogP contribution in [-0.4, -0.2) is 57.1 Å². The molecule has 1 aromatic carbocycles. The summed E-state index contributed by atoms with van der Waals surface area (Å²) in [5, 5.41) is 14.9. The lowest BCUT2D eigenvalue weighted by Crippen LogP contribution is -2.49. The third kappa shape index (κ3) is 3.71. The van der Waals surface area contributed by atoms with Gasteiger partial charge < -0.3 is 9.84 Å². The second-order valence-corrected chi connectivity index (χ2v) is 5.99. The minimum Gasteiger partial charge on any atom is -0.384 e. The lowest BCUT2D eigenvalue weighted by atomic mass is 9.95. The van der Waals surface area contributed by atoms with Gasteiger partial charge in [-0.1, -0.05) is 30.3 Å². The van der Waals surface area contributed by atoms with Gasteiger partial charge in [-0.15, -0.1) is 0 Å². The Morgan fingerprint density at radius 1 is 1.36 bits per heavy atom. The number of rotatable bonds is 5. The zero-order valence-electron chi connectivity index (χ0n) is 12.8. The summed E-state index contributed by atoms with van der Waals surface area (Å²) in [5.74, 6) is 0. The van der Waals surface area contributed by atoms with Crippen molar-refractivity contribution in [2.45, 2.75) is 25.2 Å². The van der Waals surface area contributed by atoms with E-state index in [1.807, 2.05) is 37.3 Å². The summed E-state index contributed by atoms with van der Waals surface area (Å²) in [5.41, 5.74) is 0.0745. The lowest BCUT2D eigenvalue weighted by molar-refractivity contribution is -0.0670.